The fraction of sp³-hybridized carbons (Fsp3) is 0.591. The van der Waals surface area contributed by atoms with Crippen LogP contribution in [0, 0.1) is 0 Å². The van der Waals surface area contributed by atoms with Crippen LogP contribution >= 0.6 is 11.3 Å². The van der Waals surface area contributed by atoms with Gasteiger partial charge in [-0.1, -0.05) is 6.92 Å². The predicted molar refractivity (Wildman–Crippen MR) is 119 cm³/mol. The molecule has 1 unspecified atom stereocenters. The summed E-state index contributed by atoms with van der Waals surface area (Å²) in [4.78, 5) is 12.9. The summed E-state index contributed by atoms with van der Waals surface area (Å²) in [5.74, 6) is 0. The lowest BCUT2D eigenvalue weighted by atomic mass is 10.0. The van der Waals surface area contributed by atoms with Crippen LogP contribution < -0.4 is 4.90 Å². The van der Waals surface area contributed by atoms with E-state index in [2.05, 4.69) is 68.0 Å². The highest BCUT2D eigenvalue weighted by molar-refractivity contribution is 7.15. The van der Waals surface area contributed by atoms with Crippen LogP contribution in [-0.4, -0.2) is 67.7 Å². The Hall–Kier alpha value is -1.47. The van der Waals surface area contributed by atoms with Gasteiger partial charge in [-0.2, -0.15) is 0 Å². The van der Waals surface area contributed by atoms with Crippen LogP contribution in [0.3, 0.4) is 0 Å². The van der Waals surface area contributed by atoms with Crippen molar-refractivity contribution in [2.45, 2.75) is 38.8 Å². The van der Waals surface area contributed by atoms with Crippen molar-refractivity contribution < 1.29 is 5.11 Å². The van der Waals surface area contributed by atoms with Gasteiger partial charge in [-0.05, 0) is 63.7 Å². The first-order valence-corrected chi connectivity index (χ1v) is 11.1. The van der Waals surface area contributed by atoms with E-state index in [-0.39, 0.29) is 6.10 Å². The van der Waals surface area contributed by atoms with Crippen molar-refractivity contribution in [3.05, 3.63) is 34.3 Å². The molecule has 0 fully saturated rings. The Morgan fingerprint density at radius 2 is 1.96 bits per heavy atom. The van der Waals surface area contributed by atoms with Gasteiger partial charge in [0.15, 0.2) is 0 Å². The molecule has 154 valence electrons. The maximum Gasteiger partial charge on any atom is 0.124 e. The maximum atomic E-state index is 10.4. The van der Waals surface area contributed by atoms with Gasteiger partial charge >= 0.3 is 0 Å². The third kappa shape index (κ3) is 4.92. The van der Waals surface area contributed by atoms with Crippen molar-refractivity contribution >= 4 is 17.0 Å². The third-order valence-corrected chi connectivity index (χ3v) is 6.69. The van der Waals surface area contributed by atoms with E-state index >= 15 is 0 Å². The Balaban J connectivity index is 1.94. The highest BCUT2D eigenvalue weighted by Gasteiger charge is 2.24. The SMILES string of the molecule is CCN(CCN(C)C)Cc1cc(N(C)C)ccc1-c1nc2c(s1)C(O)CCC2. The van der Waals surface area contributed by atoms with E-state index in [4.69, 9.17) is 4.98 Å². The van der Waals surface area contributed by atoms with E-state index in [9.17, 15) is 5.11 Å². The molecule has 6 heteroatoms. The summed E-state index contributed by atoms with van der Waals surface area (Å²) < 4.78 is 0. The zero-order chi connectivity index (χ0) is 20.3. The van der Waals surface area contributed by atoms with Gasteiger partial charge in [0.1, 0.15) is 5.01 Å². The zero-order valence-corrected chi connectivity index (χ0v) is 18.7. The molecule has 1 aromatic heterocycles. The molecule has 0 bridgehead atoms. The van der Waals surface area contributed by atoms with Crippen molar-refractivity contribution in [1.29, 1.82) is 0 Å². The second kappa shape index (κ2) is 9.35. The summed E-state index contributed by atoms with van der Waals surface area (Å²) in [6.45, 7) is 6.25. The second-order valence-corrected chi connectivity index (χ2v) is 9.18. The lowest BCUT2D eigenvalue weighted by molar-refractivity contribution is 0.160. The van der Waals surface area contributed by atoms with Crippen molar-refractivity contribution in [3.63, 3.8) is 0 Å². The standard InChI is InChI=1S/C22H34N4OS/c1-6-26(13-12-24(2)3)15-16-14-17(25(4)5)10-11-18(16)22-23-19-8-7-9-20(27)21(19)28-22/h10-11,14,20,27H,6-9,12-13,15H2,1-5H3. The molecule has 1 aliphatic carbocycles. The average molecular weight is 403 g/mol. The Morgan fingerprint density at radius 1 is 1.18 bits per heavy atom. The number of hydrogen-bond donors (Lipinski definition) is 1. The van der Waals surface area contributed by atoms with Gasteiger partial charge in [-0.15, -0.1) is 11.3 Å². The van der Waals surface area contributed by atoms with Crippen LogP contribution in [0.4, 0.5) is 5.69 Å². The topological polar surface area (TPSA) is 42.8 Å². The Morgan fingerprint density at radius 3 is 2.61 bits per heavy atom. The summed E-state index contributed by atoms with van der Waals surface area (Å²) in [6, 6.07) is 6.68. The fourth-order valence-electron chi connectivity index (χ4n) is 3.64. The van der Waals surface area contributed by atoms with Crippen LogP contribution in [0.1, 0.15) is 42.0 Å². The number of hydrogen-bond acceptors (Lipinski definition) is 6. The van der Waals surface area contributed by atoms with Crippen LogP contribution in [0.2, 0.25) is 0 Å². The monoisotopic (exact) mass is 402 g/mol. The van der Waals surface area contributed by atoms with Crippen LogP contribution in [0.5, 0.6) is 0 Å². The molecule has 28 heavy (non-hydrogen) atoms. The lowest BCUT2D eigenvalue weighted by Gasteiger charge is -2.24. The first-order valence-electron chi connectivity index (χ1n) is 10.2. The number of likely N-dealkylation sites (N-methyl/N-ethyl adjacent to an activating group) is 2. The van der Waals surface area contributed by atoms with Crippen LogP contribution in [0.15, 0.2) is 18.2 Å². The van der Waals surface area contributed by atoms with Crippen LogP contribution in [0.25, 0.3) is 10.6 Å². The largest absolute Gasteiger partial charge is 0.388 e. The van der Waals surface area contributed by atoms with Gasteiger partial charge in [0.25, 0.3) is 0 Å². The summed E-state index contributed by atoms with van der Waals surface area (Å²) in [5.41, 5.74) is 4.83. The molecular weight excluding hydrogens is 368 g/mol. The number of aromatic nitrogens is 1. The number of anilines is 1. The summed E-state index contributed by atoms with van der Waals surface area (Å²) >= 11 is 1.68. The molecule has 0 saturated carbocycles. The number of thiazole rings is 1. The van der Waals surface area contributed by atoms with E-state index < -0.39 is 0 Å². The molecule has 1 heterocycles. The molecule has 1 aromatic carbocycles. The molecule has 3 rings (SSSR count). The molecule has 5 nitrogen and oxygen atoms in total. The third-order valence-electron chi connectivity index (χ3n) is 5.46. The van der Waals surface area contributed by atoms with E-state index in [1.54, 1.807) is 11.3 Å². The minimum absolute atomic E-state index is 0.341. The molecule has 1 aliphatic rings. The molecule has 0 saturated heterocycles. The maximum absolute atomic E-state index is 10.4. The first-order chi connectivity index (χ1) is 13.4. The van der Waals surface area contributed by atoms with E-state index in [0.29, 0.717) is 0 Å². The molecule has 1 atom stereocenters. The number of fused-ring (bicyclic) bond motifs is 1. The highest BCUT2D eigenvalue weighted by Crippen LogP contribution is 2.39. The van der Waals surface area contributed by atoms with Gasteiger partial charge < -0.3 is 14.9 Å². The van der Waals surface area contributed by atoms with E-state index in [1.807, 2.05) is 0 Å². The quantitative estimate of drug-likeness (QED) is 0.730. The van der Waals surface area contributed by atoms with Gasteiger partial charge in [0.05, 0.1) is 16.7 Å². The number of aliphatic hydroxyl groups is 1. The molecule has 0 aliphatic heterocycles. The molecular formula is C22H34N4OS. The van der Waals surface area contributed by atoms with Gasteiger partial charge in [0, 0.05) is 45.0 Å². The van der Waals surface area contributed by atoms with Gasteiger partial charge in [0.2, 0.25) is 0 Å². The second-order valence-electron chi connectivity index (χ2n) is 8.15. The predicted octanol–water partition coefficient (Wildman–Crippen LogP) is 3.63. The van der Waals surface area contributed by atoms with E-state index in [0.717, 1.165) is 61.0 Å². The number of aliphatic hydroxyl groups excluding tert-OH is 1. The van der Waals surface area contributed by atoms with Crippen molar-refractivity contribution in [3.8, 4) is 10.6 Å². The Kier molecular flexibility index (Phi) is 7.10. The number of rotatable bonds is 8. The highest BCUT2D eigenvalue weighted by atomic mass is 32.1. The fourth-order valence-corrected chi connectivity index (χ4v) is 4.83. The molecule has 1 N–H and O–H groups in total. The zero-order valence-electron chi connectivity index (χ0n) is 17.9. The van der Waals surface area contributed by atoms with E-state index in [1.165, 1.54) is 16.8 Å². The van der Waals surface area contributed by atoms with Crippen molar-refractivity contribution in [2.75, 3.05) is 52.7 Å². The Bertz CT molecular complexity index is 787. The van der Waals surface area contributed by atoms with Crippen LogP contribution in [-0.2, 0) is 13.0 Å². The molecule has 0 radical (unpaired) electrons. The number of aryl methyl sites for hydroxylation is 1. The normalized spacial score (nSPS) is 16.6. The van der Waals surface area contributed by atoms with Crippen molar-refractivity contribution in [2.24, 2.45) is 0 Å². The first kappa shape index (κ1) is 21.2. The summed E-state index contributed by atoms with van der Waals surface area (Å²) in [5, 5.41) is 11.4. The molecule has 0 amide bonds. The smallest absolute Gasteiger partial charge is 0.124 e. The minimum Gasteiger partial charge on any atom is -0.388 e. The van der Waals surface area contributed by atoms with Crippen molar-refractivity contribution in [1.82, 2.24) is 14.8 Å². The summed E-state index contributed by atoms with van der Waals surface area (Å²) in [7, 11) is 8.41. The van der Waals surface area contributed by atoms with Gasteiger partial charge in [-0.25, -0.2) is 4.98 Å². The minimum atomic E-state index is -0.341. The average Bonchev–Trinajstić information content (AvgIpc) is 3.10. The number of nitrogens with zero attached hydrogens (tertiary/aromatic N) is 4. The lowest BCUT2D eigenvalue weighted by Crippen LogP contribution is -2.31. The Labute approximate surface area is 173 Å². The molecule has 0 spiro atoms. The number of benzene rings is 1. The van der Waals surface area contributed by atoms with Gasteiger partial charge in [-0.3, -0.25) is 4.90 Å². The summed E-state index contributed by atoms with van der Waals surface area (Å²) in [6.07, 6.45) is 2.53. The molecule has 2 aromatic rings.